The summed E-state index contributed by atoms with van der Waals surface area (Å²) >= 11 is 0. The molecule has 5 nitrogen and oxygen atoms in total. The molecule has 1 aliphatic carbocycles. The molecule has 19 heavy (non-hydrogen) atoms. The van der Waals surface area contributed by atoms with Crippen molar-refractivity contribution in [1.82, 2.24) is 10.2 Å². The van der Waals surface area contributed by atoms with E-state index in [0.29, 0.717) is 18.9 Å². The quantitative estimate of drug-likeness (QED) is 0.824. The summed E-state index contributed by atoms with van der Waals surface area (Å²) in [5.41, 5.74) is 0. The number of rotatable bonds is 3. The van der Waals surface area contributed by atoms with Crippen LogP contribution in [-0.4, -0.2) is 40.6 Å². The van der Waals surface area contributed by atoms with Gasteiger partial charge in [-0.1, -0.05) is 26.2 Å². The lowest BCUT2D eigenvalue weighted by Crippen LogP contribution is -2.50. The number of carboxylic acids is 1. The zero-order chi connectivity index (χ0) is 13.8. The number of carbonyl (C=O) groups excluding carboxylic acids is 1. The fourth-order valence-corrected chi connectivity index (χ4v) is 3.32. The number of amides is 2. The van der Waals surface area contributed by atoms with Crippen molar-refractivity contribution in [1.29, 1.82) is 0 Å². The molecule has 0 aromatic rings. The second-order valence-electron chi connectivity index (χ2n) is 5.78. The van der Waals surface area contributed by atoms with Crippen LogP contribution in [0.5, 0.6) is 0 Å². The number of carboxylic acid groups (broad SMARTS) is 1. The molecular formula is C14H24N2O3. The van der Waals surface area contributed by atoms with E-state index in [0.717, 1.165) is 32.1 Å². The summed E-state index contributed by atoms with van der Waals surface area (Å²) in [6, 6.07) is -0.599. The Labute approximate surface area is 114 Å². The molecule has 0 bridgehead atoms. The number of hydrogen-bond donors (Lipinski definition) is 2. The van der Waals surface area contributed by atoms with Gasteiger partial charge < -0.3 is 15.3 Å². The van der Waals surface area contributed by atoms with Crippen molar-refractivity contribution in [2.24, 2.45) is 5.92 Å². The van der Waals surface area contributed by atoms with Gasteiger partial charge in [0.25, 0.3) is 0 Å². The standard InChI is InChI=1S/C14H24N2O3/c1-2-10-5-3-6-11(9-10)15-14(19)16-8-4-7-12(16)13(17)18/h10-12H,2-9H2,1H3,(H,15,19)(H,17,18)/t10?,11?,12-/m0/s1. The first-order valence-corrected chi connectivity index (χ1v) is 7.41. The molecule has 3 atom stereocenters. The second-order valence-corrected chi connectivity index (χ2v) is 5.78. The molecule has 2 rings (SSSR count). The number of likely N-dealkylation sites (tertiary alicyclic amines) is 1. The first-order valence-electron chi connectivity index (χ1n) is 7.41. The third-order valence-electron chi connectivity index (χ3n) is 4.49. The summed E-state index contributed by atoms with van der Waals surface area (Å²) in [4.78, 5) is 24.7. The summed E-state index contributed by atoms with van der Waals surface area (Å²) in [5.74, 6) is -0.185. The maximum atomic E-state index is 12.2. The highest BCUT2D eigenvalue weighted by molar-refractivity contribution is 5.83. The molecule has 1 saturated heterocycles. The summed E-state index contributed by atoms with van der Waals surface area (Å²) in [7, 11) is 0. The van der Waals surface area contributed by atoms with Gasteiger partial charge in [-0.05, 0) is 31.6 Å². The fourth-order valence-electron chi connectivity index (χ4n) is 3.32. The Hall–Kier alpha value is -1.26. The van der Waals surface area contributed by atoms with Crippen molar-refractivity contribution in [2.45, 2.75) is 64.0 Å². The van der Waals surface area contributed by atoms with Gasteiger partial charge in [-0.15, -0.1) is 0 Å². The second kappa shape index (κ2) is 6.26. The van der Waals surface area contributed by atoms with Crippen LogP contribution in [0.3, 0.4) is 0 Å². The van der Waals surface area contributed by atoms with Gasteiger partial charge in [0.2, 0.25) is 0 Å². The Morgan fingerprint density at radius 1 is 1.26 bits per heavy atom. The minimum absolute atomic E-state index is 0.188. The molecule has 1 saturated carbocycles. The maximum absolute atomic E-state index is 12.2. The maximum Gasteiger partial charge on any atom is 0.326 e. The molecule has 2 unspecified atom stereocenters. The van der Waals surface area contributed by atoms with Crippen LogP contribution in [0.25, 0.3) is 0 Å². The first kappa shape index (κ1) is 14.2. The first-order chi connectivity index (χ1) is 9.11. The molecule has 0 radical (unpaired) electrons. The van der Waals surface area contributed by atoms with Gasteiger partial charge in [0.05, 0.1) is 0 Å². The molecule has 2 amide bonds. The third-order valence-corrected chi connectivity index (χ3v) is 4.49. The van der Waals surface area contributed by atoms with Crippen LogP contribution in [0.15, 0.2) is 0 Å². The Morgan fingerprint density at radius 2 is 2.05 bits per heavy atom. The van der Waals surface area contributed by atoms with Crippen LogP contribution < -0.4 is 5.32 Å². The Balaban J connectivity index is 1.88. The Bertz CT molecular complexity index is 346. The number of urea groups is 1. The fraction of sp³-hybridized carbons (Fsp3) is 0.857. The zero-order valence-corrected chi connectivity index (χ0v) is 11.6. The smallest absolute Gasteiger partial charge is 0.326 e. The number of aliphatic carboxylic acids is 1. The van der Waals surface area contributed by atoms with Crippen molar-refractivity contribution >= 4 is 12.0 Å². The number of nitrogens with one attached hydrogen (secondary N) is 1. The van der Waals surface area contributed by atoms with E-state index in [4.69, 9.17) is 5.11 Å². The van der Waals surface area contributed by atoms with Gasteiger partial charge in [0, 0.05) is 12.6 Å². The van der Waals surface area contributed by atoms with Crippen LogP contribution in [0, 0.1) is 5.92 Å². The van der Waals surface area contributed by atoms with E-state index in [9.17, 15) is 9.59 Å². The molecule has 0 aromatic carbocycles. The average Bonchev–Trinajstić information content (AvgIpc) is 2.88. The van der Waals surface area contributed by atoms with E-state index in [1.807, 2.05) is 0 Å². The average molecular weight is 268 g/mol. The molecular weight excluding hydrogens is 244 g/mol. The van der Waals surface area contributed by atoms with E-state index >= 15 is 0 Å². The van der Waals surface area contributed by atoms with E-state index < -0.39 is 12.0 Å². The van der Waals surface area contributed by atoms with Crippen molar-refractivity contribution in [3.63, 3.8) is 0 Å². The number of hydrogen-bond acceptors (Lipinski definition) is 2. The number of carbonyl (C=O) groups is 2. The van der Waals surface area contributed by atoms with E-state index in [2.05, 4.69) is 12.2 Å². The summed E-state index contributed by atoms with van der Waals surface area (Å²) in [5, 5.41) is 12.1. The van der Waals surface area contributed by atoms with Crippen molar-refractivity contribution in [3.05, 3.63) is 0 Å². The van der Waals surface area contributed by atoms with E-state index in [1.54, 1.807) is 0 Å². The van der Waals surface area contributed by atoms with Gasteiger partial charge in [0.15, 0.2) is 0 Å². The summed E-state index contributed by atoms with van der Waals surface area (Å²) in [6.07, 6.45) is 6.99. The van der Waals surface area contributed by atoms with Crippen LogP contribution in [0.2, 0.25) is 0 Å². The van der Waals surface area contributed by atoms with Crippen LogP contribution in [-0.2, 0) is 4.79 Å². The Morgan fingerprint density at radius 3 is 2.74 bits per heavy atom. The van der Waals surface area contributed by atoms with Gasteiger partial charge in [-0.25, -0.2) is 9.59 Å². The van der Waals surface area contributed by atoms with E-state index in [-0.39, 0.29) is 12.1 Å². The van der Waals surface area contributed by atoms with Crippen LogP contribution in [0.1, 0.15) is 51.9 Å². The molecule has 108 valence electrons. The SMILES string of the molecule is CCC1CCCC(NC(=O)N2CCC[C@H]2C(=O)O)C1. The van der Waals surface area contributed by atoms with Gasteiger partial charge in [-0.2, -0.15) is 0 Å². The van der Waals surface area contributed by atoms with Crippen molar-refractivity contribution in [3.8, 4) is 0 Å². The minimum Gasteiger partial charge on any atom is -0.480 e. The molecule has 2 aliphatic rings. The highest BCUT2D eigenvalue weighted by atomic mass is 16.4. The zero-order valence-electron chi connectivity index (χ0n) is 11.6. The van der Waals surface area contributed by atoms with Crippen LogP contribution in [0.4, 0.5) is 4.79 Å². The third kappa shape index (κ3) is 3.39. The van der Waals surface area contributed by atoms with Crippen molar-refractivity contribution in [2.75, 3.05) is 6.54 Å². The molecule has 5 heteroatoms. The molecule has 1 heterocycles. The lowest BCUT2D eigenvalue weighted by atomic mass is 9.84. The Kier molecular flexibility index (Phi) is 4.66. The topological polar surface area (TPSA) is 69.6 Å². The van der Waals surface area contributed by atoms with Gasteiger partial charge in [0.1, 0.15) is 6.04 Å². The van der Waals surface area contributed by atoms with Crippen molar-refractivity contribution < 1.29 is 14.7 Å². The summed E-state index contributed by atoms with van der Waals surface area (Å²) < 4.78 is 0. The minimum atomic E-state index is -0.886. The van der Waals surface area contributed by atoms with Gasteiger partial charge >= 0.3 is 12.0 Å². The highest BCUT2D eigenvalue weighted by Gasteiger charge is 2.35. The molecule has 2 N–H and O–H groups in total. The summed E-state index contributed by atoms with van der Waals surface area (Å²) in [6.45, 7) is 2.75. The molecule has 2 fully saturated rings. The predicted molar refractivity (Wildman–Crippen MR) is 71.9 cm³/mol. The molecule has 1 aliphatic heterocycles. The highest BCUT2D eigenvalue weighted by Crippen LogP contribution is 2.27. The van der Waals surface area contributed by atoms with Crippen LogP contribution >= 0.6 is 0 Å². The normalized spacial score (nSPS) is 31.2. The monoisotopic (exact) mass is 268 g/mol. The largest absolute Gasteiger partial charge is 0.480 e. The molecule has 0 spiro atoms. The molecule has 0 aromatic heterocycles. The predicted octanol–water partition coefficient (Wildman–Crippen LogP) is 2.21. The van der Waals surface area contributed by atoms with E-state index in [1.165, 1.54) is 11.3 Å². The van der Waals surface area contributed by atoms with Gasteiger partial charge in [-0.3, -0.25) is 0 Å². The lowest BCUT2D eigenvalue weighted by Gasteiger charge is -2.31. The number of nitrogens with zero attached hydrogens (tertiary/aromatic N) is 1. The lowest BCUT2D eigenvalue weighted by molar-refractivity contribution is -0.141.